The van der Waals surface area contributed by atoms with Crippen LogP contribution in [0, 0.1) is 17.1 Å². The van der Waals surface area contributed by atoms with E-state index in [1.165, 1.54) is 12.1 Å². The van der Waals surface area contributed by atoms with Crippen molar-refractivity contribution in [3.05, 3.63) is 47.9 Å². The Morgan fingerprint density at radius 3 is 2.53 bits per heavy atom. The molecule has 1 aliphatic rings. The molecule has 1 aromatic heterocycles. The highest BCUT2D eigenvalue weighted by atomic mass is 32.2. The molecule has 2 aromatic rings. The predicted molar refractivity (Wildman–Crippen MR) is 100 cm³/mol. The Bertz CT molecular complexity index is 1140. The van der Waals surface area contributed by atoms with Crippen LogP contribution in [0.1, 0.15) is 18.9 Å². The summed E-state index contributed by atoms with van der Waals surface area (Å²) < 4.78 is 86.7. The van der Waals surface area contributed by atoms with E-state index in [1.807, 2.05) is 0 Å². The lowest BCUT2D eigenvalue weighted by Gasteiger charge is -2.28. The van der Waals surface area contributed by atoms with E-state index in [4.69, 9.17) is 10.00 Å². The number of ether oxygens (including phenoxy) is 2. The van der Waals surface area contributed by atoms with E-state index in [-0.39, 0.29) is 30.8 Å². The van der Waals surface area contributed by atoms with Gasteiger partial charge in [0, 0.05) is 12.6 Å². The maximum atomic E-state index is 13.9. The normalized spacial score (nSPS) is 21.8. The van der Waals surface area contributed by atoms with Crippen molar-refractivity contribution in [3.63, 3.8) is 0 Å². The SMILES string of the molecule is CC[C@]1(O)CN(S(=O)(=O)c2ccc(OC(F)(F)F)cn2)CC1Oc1ccc(C#N)c(F)c1. The molecule has 172 valence electrons. The summed E-state index contributed by atoms with van der Waals surface area (Å²) in [6, 6.07) is 6.78. The van der Waals surface area contributed by atoms with Crippen molar-refractivity contribution in [2.24, 2.45) is 0 Å². The Hall–Kier alpha value is -2.95. The van der Waals surface area contributed by atoms with Gasteiger partial charge in [0.2, 0.25) is 0 Å². The third-order valence-electron chi connectivity index (χ3n) is 4.92. The van der Waals surface area contributed by atoms with Crippen LogP contribution in [0.5, 0.6) is 11.5 Å². The number of nitriles is 1. The zero-order valence-corrected chi connectivity index (χ0v) is 17.3. The second-order valence-corrected chi connectivity index (χ2v) is 8.88. The van der Waals surface area contributed by atoms with E-state index in [9.17, 15) is 31.1 Å². The minimum Gasteiger partial charge on any atom is -0.486 e. The van der Waals surface area contributed by atoms with Gasteiger partial charge in [0.1, 0.15) is 35.1 Å². The van der Waals surface area contributed by atoms with Gasteiger partial charge in [-0.3, -0.25) is 0 Å². The van der Waals surface area contributed by atoms with Crippen LogP contribution in [0.3, 0.4) is 0 Å². The van der Waals surface area contributed by atoms with Gasteiger partial charge in [-0.1, -0.05) is 6.92 Å². The second kappa shape index (κ2) is 8.53. The number of aromatic nitrogens is 1. The van der Waals surface area contributed by atoms with Crippen LogP contribution in [-0.2, 0) is 10.0 Å². The van der Waals surface area contributed by atoms with Crippen molar-refractivity contribution < 1.29 is 40.6 Å². The van der Waals surface area contributed by atoms with Gasteiger partial charge in [-0.2, -0.15) is 9.57 Å². The summed E-state index contributed by atoms with van der Waals surface area (Å²) in [7, 11) is -4.30. The van der Waals surface area contributed by atoms with E-state index in [1.54, 1.807) is 13.0 Å². The minimum absolute atomic E-state index is 0.00981. The van der Waals surface area contributed by atoms with Gasteiger partial charge in [-0.25, -0.2) is 17.8 Å². The average Bonchev–Trinajstić information content (AvgIpc) is 3.05. The van der Waals surface area contributed by atoms with Crippen molar-refractivity contribution in [1.82, 2.24) is 9.29 Å². The Kier molecular flexibility index (Phi) is 6.32. The highest BCUT2D eigenvalue weighted by molar-refractivity contribution is 7.89. The van der Waals surface area contributed by atoms with Crippen molar-refractivity contribution in [3.8, 4) is 17.6 Å². The number of halogens is 4. The number of aliphatic hydroxyl groups is 1. The van der Waals surface area contributed by atoms with Gasteiger partial charge in [0.15, 0.2) is 5.03 Å². The second-order valence-electron chi connectivity index (χ2n) is 6.99. The molecule has 1 unspecified atom stereocenters. The molecule has 0 amide bonds. The zero-order valence-electron chi connectivity index (χ0n) is 16.5. The third kappa shape index (κ3) is 4.93. The Labute approximate surface area is 180 Å². The number of benzene rings is 1. The zero-order chi connectivity index (χ0) is 23.7. The number of alkyl halides is 3. The molecular formula is C19H17F4N3O5S. The minimum atomic E-state index is -4.95. The topological polar surface area (TPSA) is 113 Å². The van der Waals surface area contributed by atoms with E-state index in [0.717, 1.165) is 22.5 Å². The van der Waals surface area contributed by atoms with Crippen molar-refractivity contribution in [2.75, 3.05) is 13.1 Å². The molecule has 13 heteroatoms. The maximum Gasteiger partial charge on any atom is 0.573 e. The first kappa shape index (κ1) is 23.7. The van der Waals surface area contributed by atoms with Crippen molar-refractivity contribution in [1.29, 1.82) is 5.26 Å². The molecule has 1 aliphatic heterocycles. The van der Waals surface area contributed by atoms with Gasteiger partial charge in [-0.05, 0) is 30.7 Å². The number of sulfonamides is 1. The summed E-state index contributed by atoms with van der Waals surface area (Å²) in [5.41, 5.74) is -1.83. The molecule has 1 fully saturated rings. The Morgan fingerprint density at radius 2 is 2.00 bits per heavy atom. The molecule has 0 saturated carbocycles. The largest absolute Gasteiger partial charge is 0.573 e. The molecule has 0 bridgehead atoms. The molecule has 8 nitrogen and oxygen atoms in total. The van der Waals surface area contributed by atoms with Crippen LogP contribution in [0.2, 0.25) is 0 Å². The summed E-state index contributed by atoms with van der Waals surface area (Å²) in [6.45, 7) is 0.905. The van der Waals surface area contributed by atoms with Crippen molar-refractivity contribution in [2.45, 2.75) is 36.4 Å². The molecule has 0 spiro atoms. The fourth-order valence-electron chi connectivity index (χ4n) is 3.17. The molecule has 1 N–H and O–H groups in total. The van der Waals surface area contributed by atoms with Crippen molar-refractivity contribution >= 4 is 10.0 Å². The summed E-state index contributed by atoms with van der Waals surface area (Å²) >= 11 is 0. The van der Waals surface area contributed by atoms with Crippen LogP contribution in [0.15, 0.2) is 41.6 Å². The number of hydrogen-bond acceptors (Lipinski definition) is 7. The van der Waals surface area contributed by atoms with Gasteiger partial charge in [0.25, 0.3) is 10.0 Å². The van der Waals surface area contributed by atoms with E-state index in [0.29, 0.717) is 6.20 Å². The maximum absolute atomic E-state index is 13.9. The molecular weight excluding hydrogens is 458 g/mol. The fraction of sp³-hybridized carbons (Fsp3) is 0.368. The van der Waals surface area contributed by atoms with Crippen LogP contribution < -0.4 is 9.47 Å². The monoisotopic (exact) mass is 475 g/mol. The average molecular weight is 475 g/mol. The molecule has 0 radical (unpaired) electrons. The number of hydrogen-bond donors (Lipinski definition) is 1. The standard InChI is InChI=1S/C19H17F4N3O5S/c1-2-18(27)11-26(10-16(18)30-13-4-3-12(8-24)15(20)7-13)32(28,29)17-6-5-14(9-25-17)31-19(21,22)23/h3-7,9,16,27H,2,10-11H2,1H3/t16?,18-/m0/s1. The van der Waals surface area contributed by atoms with Crippen LogP contribution >= 0.6 is 0 Å². The summed E-state index contributed by atoms with van der Waals surface area (Å²) in [4.78, 5) is 3.54. The van der Waals surface area contributed by atoms with E-state index >= 15 is 0 Å². The Balaban J connectivity index is 1.81. The first-order valence-electron chi connectivity index (χ1n) is 9.18. The number of pyridine rings is 1. The lowest BCUT2D eigenvalue weighted by Crippen LogP contribution is -2.44. The first-order chi connectivity index (χ1) is 14.9. The number of β-amino-alcohol motifs (C(OH)–C–C–N with tert-alkyl or cyclic N) is 1. The van der Waals surface area contributed by atoms with Crippen LogP contribution in [0.4, 0.5) is 17.6 Å². The smallest absolute Gasteiger partial charge is 0.486 e. The lowest BCUT2D eigenvalue weighted by atomic mass is 9.97. The Morgan fingerprint density at radius 1 is 1.31 bits per heavy atom. The molecule has 2 heterocycles. The van der Waals surface area contributed by atoms with Gasteiger partial charge < -0.3 is 14.6 Å². The van der Waals surface area contributed by atoms with Gasteiger partial charge in [0.05, 0.1) is 18.3 Å². The molecule has 3 rings (SSSR count). The quantitative estimate of drug-likeness (QED) is 0.639. The van der Waals surface area contributed by atoms with E-state index < -0.39 is 44.7 Å². The van der Waals surface area contributed by atoms with Gasteiger partial charge in [-0.15, -0.1) is 13.2 Å². The highest BCUT2D eigenvalue weighted by Crippen LogP contribution is 2.33. The summed E-state index contributed by atoms with van der Waals surface area (Å²) in [5, 5.41) is 19.2. The first-order valence-corrected chi connectivity index (χ1v) is 10.6. The molecule has 32 heavy (non-hydrogen) atoms. The van der Waals surface area contributed by atoms with Crippen LogP contribution in [0.25, 0.3) is 0 Å². The highest BCUT2D eigenvalue weighted by Gasteiger charge is 2.50. The molecule has 2 atom stereocenters. The molecule has 1 saturated heterocycles. The van der Waals surface area contributed by atoms with Crippen LogP contribution in [-0.4, -0.2) is 54.0 Å². The molecule has 0 aliphatic carbocycles. The predicted octanol–water partition coefficient (Wildman–Crippen LogP) is 2.58. The van der Waals surface area contributed by atoms with Gasteiger partial charge >= 0.3 is 6.36 Å². The van der Waals surface area contributed by atoms with E-state index in [2.05, 4.69) is 9.72 Å². The number of nitrogens with zero attached hydrogens (tertiary/aromatic N) is 3. The molecule has 1 aromatic carbocycles. The summed E-state index contributed by atoms with van der Waals surface area (Å²) in [5.74, 6) is -1.53. The number of rotatable bonds is 6. The third-order valence-corrected chi connectivity index (χ3v) is 6.65. The lowest BCUT2D eigenvalue weighted by molar-refractivity contribution is -0.274. The summed E-state index contributed by atoms with van der Waals surface area (Å²) in [6.07, 6.45) is -5.32. The fourth-order valence-corrected chi connectivity index (χ4v) is 4.58.